The third-order valence-corrected chi connectivity index (χ3v) is 5.68. The van der Waals surface area contributed by atoms with E-state index in [0.717, 1.165) is 16.1 Å². The average Bonchev–Trinajstić information content (AvgIpc) is 3.01. The van der Waals surface area contributed by atoms with Crippen LogP contribution in [0.15, 0.2) is 38.5 Å². The Balaban J connectivity index is 1.55. The van der Waals surface area contributed by atoms with Gasteiger partial charge in [-0.3, -0.25) is 4.99 Å². The van der Waals surface area contributed by atoms with Crippen LogP contribution in [0.3, 0.4) is 0 Å². The summed E-state index contributed by atoms with van der Waals surface area (Å²) in [6.45, 7) is 0. The molecule has 126 valence electrons. The quantitative estimate of drug-likeness (QED) is 0.866. The molecule has 1 aromatic carbocycles. The van der Waals surface area contributed by atoms with Gasteiger partial charge in [0.05, 0.1) is 19.2 Å². The number of nitrogens with one attached hydrogen (secondary N) is 1. The van der Waals surface area contributed by atoms with Crippen molar-refractivity contribution in [1.82, 2.24) is 5.32 Å². The molecule has 0 amide bonds. The van der Waals surface area contributed by atoms with Crippen molar-refractivity contribution < 1.29 is 9.15 Å². The summed E-state index contributed by atoms with van der Waals surface area (Å²) in [4.78, 5) is 16.6. The normalized spacial score (nSPS) is 22.8. The number of aliphatic imine (C=N–C) groups is 1. The zero-order valence-electron chi connectivity index (χ0n) is 13.6. The predicted octanol–water partition coefficient (Wildman–Crippen LogP) is 3.31. The number of hydrogen-bond acceptors (Lipinski definition) is 6. The molecule has 1 aliphatic heterocycles. The second kappa shape index (κ2) is 6.51. The summed E-state index contributed by atoms with van der Waals surface area (Å²) in [6, 6.07) is 8.09. The molecule has 1 saturated carbocycles. The molecule has 1 N–H and O–H groups in total. The molecule has 5 nitrogen and oxygen atoms in total. The summed E-state index contributed by atoms with van der Waals surface area (Å²) in [6.07, 6.45) is 4.94. The van der Waals surface area contributed by atoms with Gasteiger partial charge in [-0.2, -0.15) is 0 Å². The van der Waals surface area contributed by atoms with Crippen molar-refractivity contribution in [2.75, 3.05) is 7.11 Å². The van der Waals surface area contributed by atoms with Crippen molar-refractivity contribution in [2.45, 2.75) is 43.5 Å². The van der Waals surface area contributed by atoms with Gasteiger partial charge in [0.2, 0.25) is 0 Å². The maximum atomic E-state index is 11.8. The van der Waals surface area contributed by atoms with E-state index in [1.807, 2.05) is 12.1 Å². The minimum absolute atomic E-state index is 0.332. The first kappa shape index (κ1) is 15.6. The molecule has 2 aliphatic rings. The Hall–Kier alpha value is -1.95. The first-order valence-electron chi connectivity index (χ1n) is 8.31. The van der Waals surface area contributed by atoms with E-state index in [1.54, 1.807) is 31.0 Å². The lowest BCUT2D eigenvalue weighted by molar-refractivity contribution is 0.385. The summed E-state index contributed by atoms with van der Waals surface area (Å²) in [5.74, 6) is 1.38. The van der Waals surface area contributed by atoms with Crippen LogP contribution in [-0.2, 0) is 5.75 Å². The first-order valence-corrected chi connectivity index (χ1v) is 9.29. The number of amidine groups is 1. The standard InChI is InChI=1S/C18H20N2O3S/c1-22-12-6-7-13-11(8-17(21)23-16(13)9-12)10-24-18-19-14-4-2-3-5-15(14)20-18/h6-9,14-15H,2-5,10H2,1H3,(H,19,20)/t14-,15+. The number of benzene rings is 1. The molecule has 2 aromatic rings. The van der Waals surface area contributed by atoms with Crippen molar-refractivity contribution in [1.29, 1.82) is 0 Å². The molecule has 0 spiro atoms. The lowest BCUT2D eigenvalue weighted by Gasteiger charge is -2.23. The van der Waals surface area contributed by atoms with Crippen LogP contribution in [0.4, 0.5) is 0 Å². The highest BCUT2D eigenvalue weighted by atomic mass is 32.2. The maximum Gasteiger partial charge on any atom is 0.336 e. The van der Waals surface area contributed by atoms with Crippen LogP contribution in [0.25, 0.3) is 11.0 Å². The fraction of sp³-hybridized carbons (Fsp3) is 0.444. The van der Waals surface area contributed by atoms with Gasteiger partial charge < -0.3 is 14.5 Å². The van der Waals surface area contributed by atoms with Crippen LogP contribution in [0.2, 0.25) is 0 Å². The van der Waals surface area contributed by atoms with Crippen molar-refractivity contribution in [2.24, 2.45) is 4.99 Å². The zero-order chi connectivity index (χ0) is 16.5. The molecule has 6 heteroatoms. The third-order valence-electron chi connectivity index (χ3n) is 4.72. The minimum atomic E-state index is -0.332. The third kappa shape index (κ3) is 3.02. The van der Waals surface area contributed by atoms with E-state index in [1.165, 1.54) is 25.7 Å². The van der Waals surface area contributed by atoms with Crippen LogP contribution in [-0.4, -0.2) is 24.4 Å². The highest BCUT2D eigenvalue weighted by Crippen LogP contribution is 2.29. The summed E-state index contributed by atoms with van der Waals surface area (Å²) >= 11 is 1.66. The molecule has 24 heavy (non-hydrogen) atoms. The highest BCUT2D eigenvalue weighted by molar-refractivity contribution is 8.13. The lowest BCUT2D eigenvalue weighted by Crippen LogP contribution is -2.36. The molecular formula is C18H20N2O3S. The summed E-state index contributed by atoms with van der Waals surface area (Å²) < 4.78 is 10.5. The highest BCUT2D eigenvalue weighted by Gasteiger charge is 2.30. The Bertz CT molecular complexity index is 846. The van der Waals surface area contributed by atoms with E-state index in [0.29, 0.717) is 29.2 Å². The fourth-order valence-corrected chi connectivity index (χ4v) is 4.44. The summed E-state index contributed by atoms with van der Waals surface area (Å²) in [5, 5.41) is 5.48. The molecule has 1 aromatic heterocycles. The van der Waals surface area contributed by atoms with Crippen molar-refractivity contribution in [3.8, 4) is 5.75 Å². The van der Waals surface area contributed by atoms with Crippen LogP contribution in [0.1, 0.15) is 31.2 Å². The van der Waals surface area contributed by atoms with Crippen molar-refractivity contribution in [3.05, 3.63) is 40.2 Å². The van der Waals surface area contributed by atoms with Crippen LogP contribution in [0, 0.1) is 0 Å². The molecule has 0 unspecified atom stereocenters. The largest absolute Gasteiger partial charge is 0.497 e. The SMILES string of the molecule is COc1ccc2c(CSC3=N[C@@H]4CCCC[C@@H]4N3)cc(=O)oc2c1. The van der Waals surface area contributed by atoms with Crippen LogP contribution < -0.4 is 15.7 Å². The van der Waals surface area contributed by atoms with Crippen LogP contribution in [0.5, 0.6) is 5.75 Å². The van der Waals surface area contributed by atoms with Gasteiger partial charge in [-0.25, -0.2) is 4.79 Å². The van der Waals surface area contributed by atoms with Gasteiger partial charge in [-0.15, -0.1) is 0 Å². The Labute approximate surface area is 144 Å². The van der Waals surface area contributed by atoms with Gasteiger partial charge in [0, 0.05) is 23.3 Å². The van der Waals surface area contributed by atoms with Gasteiger partial charge in [-0.05, 0) is 30.5 Å². The molecule has 0 bridgehead atoms. The van der Waals surface area contributed by atoms with E-state index in [-0.39, 0.29) is 5.63 Å². The second-order valence-electron chi connectivity index (χ2n) is 6.28. The molecule has 2 atom stereocenters. The number of nitrogens with zero attached hydrogens (tertiary/aromatic N) is 1. The molecule has 2 heterocycles. The monoisotopic (exact) mass is 344 g/mol. The molecule has 1 aliphatic carbocycles. The Morgan fingerprint density at radius 1 is 1.33 bits per heavy atom. The van der Waals surface area contributed by atoms with E-state index in [4.69, 9.17) is 14.1 Å². The molecule has 4 rings (SSSR count). The van der Waals surface area contributed by atoms with E-state index < -0.39 is 0 Å². The van der Waals surface area contributed by atoms with Crippen molar-refractivity contribution in [3.63, 3.8) is 0 Å². The Kier molecular flexibility index (Phi) is 4.22. The smallest absolute Gasteiger partial charge is 0.336 e. The predicted molar refractivity (Wildman–Crippen MR) is 96.9 cm³/mol. The lowest BCUT2D eigenvalue weighted by atomic mass is 9.92. The molecule has 0 radical (unpaired) electrons. The number of hydrogen-bond donors (Lipinski definition) is 1. The molecule has 1 fully saturated rings. The molecular weight excluding hydrogens is 324 g/mol. The number of methoxy groups -OCH3 is 1. The summed E-state index contributed by atoms with van der Waals surface area (Å²) in [5.41, 5.74) is 1.20. The van der Waals surface area contributed by atoms with E-state index >= 15 is 0 Å². The molecule has 0 saturated heterocycles. The topological polar surface area (TPSA) is 63.8 Å². The Morgan fingerprint density at radius 3 is 3.04 bits per heavy atom. The summed E-state index contributed by atoms with van der Waals surface area (Å²) in [7, 11) is 1.60. The van der Waals surface area contributed by atoms with Gasteiger partial charge in [0.15, 0.2) is 5.17 Å². The van der Waals surface area contributed by atoms with Gasteiger partial charge in [-0.1, -0.05) is 24.6 Å². The van der Waals surface area contributed by atoms with E-state index in [9.17, 15) is 4.79 Å². The van der Waals surface area contributed by atoms with E-state index in [2.05, 4.69) is 5.32 Å². The van der Waals surface area contributed by atoms with Crippen molar-refractivity contribution >= 4 is 27.9 Å². The first-order chi connectivity index (χ1) is 11.7. The maximum absolute atomic E-state index is 11.8. The Morgan fingerprint density at radius 2 is 2.21 bits per heavy atom. The van der Waals surface area contributed by atoms with Crippen LogP contribution >= 0.6 is 11.8 Å². The second-order valence-corrected chi connectivity index (χ2v) is 7.24. The van der Waals surface area contributed by atoms with Gasteiger partial charge in [0.25, 0.3) is 0 Å². The number of rotatable bonds is 3. The zero-order valence-corrected chi connectivity index (χ0v) is 14.4. The number of ether oxygens (including phenoxy) is 1. The average molecular weight is 344 g/mol. The van der Waals surface area contributed by atoms with Gasteiger partial charge >= 0.3 is 5.63 Å². The number of fused-ring (bicyclic) bond motifs is 2. The number of thioether (sulfide) groups is 1. The minimum Gasteiger partial charge on any atom is -0.497 e. The fourth-order valence-electron chi connectivity index (χ4n) is 3.46. The van der Waals surface area contributed by atoms with Gasteiger partial charge in [0.1, 0.15) is 11.3 Å².